The molecule has 384 valence electrons. The summed E-state index contributed by atoms with van der Waals surface area (Å²) in [7, 11) is -21.3. The molecule has 0 atom stereocenters. The Hall–Kier alpha value is -6.40. The molecule has 7 aromatic heterocycles. The number of benzene rings is 4. The van der Waals surface area contributed by atoms with E-state index in [1.807, 2.05) is 73.3 Å². The number of hydrogen-bond donors (Lipinski definition) is 0. The van der Waals surface area contributed by atoms with Crippen molar-refractivity contribution >= 4 is 103 Å². The zero-order valence-electron chi connectivity index (χ0n) is 39.8. The molecule has 0 amide bonds. The first-order valence-corrected chi connectivity index (χ1v) is 25.6. The summed E-state index contributed by atoms with van der Waals surface area (Å²) in [4.78, 5) is 37.0. The third-order valence-electron chi connectivity index (χ3n) is 11.8. The van der Waals surface area contributed by atoms with Gasteiger partial charge in [0.2, 0.25) is 0 Å². The second-order valence-electron chi connectivity index (χ2n) is 17.1. The minimum absolute atomic E-state index is 0. The molecule has 0 aliphatic carbocycles. The van der Waals surface area contributed by atoms with Crippen molar-refractivity contribution < 1.29 is 70.2 Å². The Morgan fingerprint density at radius 2 is 0.521 bits per heavy atom. The Morgan fingerprint density at radius 3 is 0.767 bits per heavy atom. The van der Waals surface area contributed by atoms with E-state index in [2.05, 4.69) is 110 Å². The van der Waals surface area contributed by atoms with Crippen LogP contribution in [0.4, 0.5) is 50.4 Å². The molecule has 0 radical (unpaired) electrons. The number of nitrogens with zero attached hydrogens (tertiary/aromatic N) is 8. The minimum Gasteiger partial charge on any atom is -0.254 e. The van der Waals surface area contributed by atoms with E-state index in [-0.39, 0.29) is 19.8 Å². The summed E-state index contributed by atoms with van der Waals surface area (Å²) < 4.78 is 118. The van der Waals surface area contributed by atoms with E-state index in [4.69, 9.17) is 9.97 Å². The van der Waals surface area contributed by atoms with E-state index < -0.39 is 15.6 Å². The van der Waals surface area contributed by atoms with Crippen molar-refractivity contribution in [2.45, 2.75) is 55.4 Å². The maximum absolute atomic E-state index is 10.7. The van der Waals surface area contributed by atoms with Gasteiger partial charge >= 0.3 is 85.8 Å². The number of para-hydroxylation sites is 2. The van der Waals surface area contributed by atoms with Crippen LogP contribution in [-0.4, -0.2) is 39.9 Å². The number of halogens is 12. The summed E-state index contributed by atoms with van der Waals surface area (Å²) in [6.07, 6.45) is 11.3. The van der Waals surface area contributed by atoms with Crippen molar-refractivity contribution in [2.75, 3.05) is 0 Å². The molecule has 8 nitrogen and oxygen atoms in total. The number of fused-ring (bicyclic) bond motifs is 13. The fourth-order valence-electron chi connectivity index (χ4n) is 7.72. The monoisotopic (exact) mass is 1240 g/mol. The van der Waals surface area contributed by atoms with E-state index in [1.54, 1.807) is 12.4 Å². The van der Waals surface area contributed by atoms with Crippen LogP contribution < -0.4 is 0 Å². The predicted octanol–water partition coefficient (Wildman–Crippen LogP) is 18.7. The van der Waals surface area contributed by atoms with Crippen molar-refractivity contribution in [3.8, 4) is 0 Å². The largest absolute Gasteiger partial charge is 2.00 e. The van der Waals surface area contributed by atoms with Gasteiger partial charge in [-0.05, 0) is 136 Å². The maximum Gasteiger partial charge on any atom is 2.00 e. The van der Waals surface area contributed by atoms with Gasteiger partial charge in [0.25, 0.3) is 0 Å². The summed E-state index contributed by atoms with van der Waals surface area (Å²) in [6.45, 7) is 17.0. The number of hydrogen-bond acceptors (Lipinski definition) is 8. The van der Waals surface area contributed by atoms with Crippen molar-refractivity contribution in [1.82, 2.24) is 39.9 Å². The van der Waals surface area contributed by atoms with Crippen LogP contribution >= 0.6 is 15.6 Å². The molecule has 0 spiro atoms. The molecule has 0 N–H and O–H groups in total. The summed E-state index contributed by atoms with van der Waals surface area (Å²) in [5.41, 5.74) is 19.4. The Morgan fingerprint density at radius 1 is 0.288 bits per heavy atom. The number of aryl methyl sites for hydroxylation is 8. The van der Waals surface area contributed by atoms with Gasteiger partial charge in [-0.3, -0.25) is 29.9 Å². The Bertz CT molecular complexity index is 3570. The zero-order chi connectivity index (χ0) is 53.1. The van der Waals surface area contributed by atoms with Crippen LogP contribution in [0.3, 0.4) is 0 Å². The molecule has 4 aromatic carbocycles. The molecule has 0 aliphatic rings. The molecule has 0 saturated carbocycles. The molecule has 0 aliphatic heterocycles. The molecular formula is C50H42F12N8OsP2. The van der Waals surface area contributed by atoms with Crippen LogP contribution in [0, 0.1) is 55.4 Å². The second kappa shape index (κ2) is 18.5. The van der Waals surface area contributed by atoms with Crippen LogP contribution in [-0.2, 0) is 19.8 Å². The molecular weight excluding hydrogens is 1190 g/mol. The summed E-state index contributed by atoms with van der Waals surface area (Å²) in [6, 6.07) is 24.5. The Kier molecular flexibility index (Phi) is 14.2. The van der Waals surface area contributed by atoms with Crippen LogP contribution in [0.2, 0.25) is 0 Å². The quantitative estimate of drug-likeness (QED) is 0.0640. The molecule has 0 unspecified atom stereocenters. The van der Waals surface area contributed by atoms with Crippen LogP contribution in [0.1, 0.15) is 44.5 Å². The average molecular weight is 1240 g/mol. The normalized spacial score (nSPS) is 13.5. The molecule has 11 rings (SSSR count). The molecule has 73 heavy (non-hydrogen) atoms. The van der Waals surface area contributed by atoms with Gasteiger partial charge in [-0.15, -0.1) is 0 Å². The Balaban J connectivity index is 0.000000158. The van der Waals surface area contributed by atoms with Crippen molar-refractivity contribution in [2.24, 2.45) is 0 Å². The first kappa shape index (κ1) is 55.9. The van der Waals surface area contributed by atoms with E-state index in [9.17, 15) is 50.4 Å². The molecule has 0 fully saturated rings. The van der Waals surface area contributed by atoms with Gasteiger partial charge in [-0.25, -0.2) is 9.97 Å². The molecule has 7 heterocycles. The topological polar surface area (TPSA) is 103 Å². The van der Waals surface area contributed by atoms with E-state index in [0.29, 0.717) is 0 Å². The van der Waals surface area contributed by atoms with Gasteiger partial charge in [-0.2, -0.15) is 0 Å². The van der Waals surface area contributed by atoms with Gasteiger partial charge in [0.05, 0.1) is 55.2 Å². The fraction of sp³-hybridized carbons (Fsp3) is 0.160. The molecule has 0 bridgehead atoms. The van der Waals surface area contributed by atoms with E-state index >= 15 is 0 Å². The van der Waals surface area contributed by atoms with Crippen molar-refractivity contribution in [3.63, 3.8) is 0 Å². The Labute approximate surface area is 421 Å². The van der Waals surface area contributed by atoms with Crippen LogP contribution in [0.5, 0.6) is 0 Å². The summed E-state index contributed by atoms with van der Waals surface area (Å²) in [5.74, 6) is 0. The van der Waals surface area contributed by atoms with Gasteiger partial charge in [0.1, 0.15) is 0 Å². The first-order valence-electron chi connectivity index (χ1n) is 21.5. The molecule has 11 aromatic rings. The zero-order valence-corrected chi connectivity index (χ0v) is 44.1. The van der Waals surface area contributed by atoms with Gasteiger partial charge < -0.3 is 0 Å². The number of aromatic nitrogens is 8. The van der Waals surface area contributed by atoms with Gasteiger partial charge in [0.15, 0.2) is 0 Å². The standard InChI is InChI=1S/C18H10N4.2C16H16N2.2F6P.Os/c1-2-8-14-13(7-1)21-17-11-5-3-9-19-15(11)16-12(18(17)22-14)6-4-10-20-16;2*1-9-7-17-15-13(11(9)3)5-6-14-12(4)10(2)8-18-16(14)15;2*1-7(2,3,4,5)6;/h1-10H;2*5-8H,1-4H3;;;/q;;;2*-1;+2. The third kappa shape index (κ3) is 14.2. The van der Waals surface area contributed by atoms with Crippen LogP contribution in [0.25, 0.3) is 87.5 Å². The second-order valence-corrected chi connectivity index (χ2v) is 20.9. The van der Waals surface area contributed by atoms with Gasteiger partial charge in [-0.1, -0.05) is 36.4 Å². The maximum atomic E-state index is 9.87. The summed E-state index contributed by atoms with van der Waals surface area (Å²) >= 11 is 0. The predicted molar refractivity (Wildman–Crippen MR) is 267 cm³/mol. The van der Waals surface area contributed by atoms with E-state index in [1.165, 1.54) is 66.1 Å². The van der Waals surface area contributed by atoms with Crippen molar-refractivity contribution in [3.05, 3.63) is 154 Å². The average Bonchev–Trinajstić information content (AvgIpc) is 3.29. The number of pyridine rings is 6. The fourth-order valence-corrected chi connectivity index (χ4v) is 7.72. The SMILES string of the molecule is Cc1cnc2c(ccc3c(C)c(C)cnc32)c1C.Cc1cnc2c(ccc3c(C)c(C)cnc32)c1C.F[P-](F)(F)(F)(F)F.F[P-](F)(F)(F)(F)F.[Os+2].c1ccc2nc3c4cccnc4c4ncccc4c3nc2c1. The van der Waals surface area contributed by atoms with E-state index in [0.717, 1.165) is 65.9 Å². The molecule has 0 saturated heterocycles. The van der Waals surface area contributed by atoms with Gasteiger partial charge in [0, 0.05) is 69.5 Å². The molecule has 23 heteroatoms. The minimum atomic E-state index is -10.7. The third-order valence-corrected chi connectivity index (χ3v) is 11.8. The first-order chi connectivity index (χ1) is 33.0. The smallest absolute Gasteiger partial charge is 0.254 e. The van der Waals surface area contributed by atoms with Crippen LogP contribution in [0.15, 0.2) is 110 Å². The number of rotatable bonds is 0. The summed E-state index contributed by atoms with van der Waals surface area (Å²) in [5, 5.41) is 6.80. The van der Waals surface area contributed by atoms with Crippen molar-refractivity contribution in [1.29, 1.82) is 0 Å².